The molecule has 0 atom stereocenters. The van der Waals surface area contributed by atoms with Crippen LogP contribution in [0.4, 0.5) is 5.82 Å². The van der Waals surface area contributed by atoms with Crippen molar-refractivity contribution in [2.75, 3.05) is 11.9 Å². The van der Waals surface area contributed by atoms with E-state index in [9.17, 15) is 4.79 Å². The maximum absolute atomic E-state index is 13.1. The van der Waals surface area contributed by atoms with Gasteiger partial charge in [-0.15, -0.1) is 0 Å². The Labute approximate surface area is 164 Å². The summed E-state index contributed by atoms with van der Waals surface area (Å²) in [6.07, 6.45) is 1.76. The first-order chi connectivity index (χ1) is 13.5. The third-order valence-electron chi connectivity index (χ3n) is 5.11. The summed E-state index contributed by atoms with van der Waals surface area (Å²) in [5, 5.41) is 0. The number of pyridine rings is 1. The molecule has 0 N–H and O–H groups in total. The van der Waals surface area contributed by atoms with Crippen LogP contribution in [-0.2, 0) is 13.1 Å². The lowest BCUT2D eigenvalue weighted by molar-refractivity contribution is 0.0814. The molecule has 2 aromatic heterocycles. The van der Waals surface area contributed by atoms with E-state index in [-0.39, 0.29) is 5.91 Å². The van der Waals surface area contributed by atoms with Gasteiger partial charge in [-0.3, -0.25) is 14.7 Å². The van der Waals surface area contributed by atoms with Crippen molar-refractivity contribution in [3.63, 3.8) is 0 Å². The van der Waals surface area contributed by atoms with Crippen molar-refractivity contribution in [3.8, 4) is 0 Å². The largest absolute Gasteiger partial charge is 0.318 e. The summed E-state index contributed by atoms with van der Waals surface area (Å²) in [5.74, 6) is 1.95. The quantitative estimate of drug-likeness (QED) is 0.702. The van der Waals surface area contributed by atoms with Crippen LogP contribution in [-0.4, -0.2) is 32.4 Å². The highest BCUT2D eigenvalue weighted by Crippen LogP contribution is 2.33. The van der Waals surface area contributed by atoms with Crippen LogP contribution in [0.2, 0.25) is 0 Å². The third-order valence-corrected chi connectivity index (χ3v) is 5.11. The molecule has 0 fully saturated rings. The fourth-order valence-corrected chi connectivity index (χ4v) is 3.42. The molecule has 4 rings (SSSR count). The Balaban J connectivity index is 1.76. The average molecular weight is 373 g/mol. The first-order valence-electron chi connectivity index (χ1n) is 9.23. The van der Waals surface area contributed by atoms with E-state index in [0.29, 0.717) is 30.4 Å². The summed E-state index contributed by atoms with van der Waals surface area (Å²) in [7, 11) is 1.75. The molecule has 1 amide bonds. The van der Waals surface area contributed by atoms with Gasteiger partial charge in [0.1, 0.15) is 11.6 Å². The van der Waals surface area contributed by atoms with Crippen molar-refractivity contribution in [2.45, 2.75) is 26.9 Å². The number of aromatic nitrogens is 3. The number of nitrogens with zero attached hydrogens (tertiary/aromatic N) is 5. The summed E-state index contributed by atoms with van der Waals surface area (Å²) >= 11 is 0. The number of amides is 1. The number of carbonyl (C=O) groups is 1. The van der Waals surface area contributed by atoms with Crippen LogP contribution >= 0.6 is 0 Å². The maximum atomic E-state index is 13.1. The zero-order valence-corrected chi connectivity index (χ0v) is 16.4. The average Bonchev–Trinajstić information content (AvgIpc) is 3.02. The Morgan fingerprint density at radius 3 is 2.46 bits per heavy atom. The van der Waals surface area contributed by atoms with Gasteiger partial charge in [0, 0.05) is 19.8 Å². The van der Waals surface area contributed by atoms with Crippen LogP contribution in [0.25, 0.3) is 0 Å². The van der Waals surface area contributed by atoms with E-state index in [1.54, 1.807) is 18.1 Å². The topological polar surface area (TPSA) is 54.3 Å². The predicted molar refractivity (Wildman–Crippen MR) is 109 cm³/mol. The molecule has 6 heteroatoms. The number of hydrogen-bond donors (Lipinski definition) is 0. The van der Waals surface area contributed by atoms with Gasteiger partial charge in [-0.1, -0.05) is 42.5 Å². The molecule has 0 radical (unpaired) electrons. The molecule has 0 saturated heterocycles. The van der Waals surface area contributed by atoms with E-state index < -0.39 is 0 Å². The normalized spacial score (nSPS) is 13.8. The number of carbonyl (C=O) groups excluding carboxylic acids is 1. The molecule has 142 valence electrons. The fraction of sp³-hybridized carbons (Fsp3) is 0.227. The van der Waals surface area contributed by atoms with Gasteiger partial charge in [0.2, 0.25) is 0 Å². The second kappa shape index (κ2) is 6.96. The van der Waals surface area contributed by atoms with E-state index in [0.717, 1.165) is 17.1 Å². The molecule has 3 heterocycles. The van der Waals surface area contributed by atoms with E-state index >= 15 is 0 Å². The van der Waals surface area contributed by atoms with Gasteiger partial charge in [-0.25, -0.2) is 4.98 Å². The summed E-state index contributed by atoms with van der Waals surface area (Å²) in [5.41, 5.74) is 3.82. The van der Waals surface area contributed by atoms with Crippen molar-refractivity contribution in [1.82, 2.24) is 19.4 Å². The highest BCUT2D eigenvalue weighted by Gasteiger charge is 2.36. The molecule has 1 aliphatic heterocycles. The Kier molecular flexibility index (Phi) is 4.47. The van der Waals surface area contributed by atoms with Gasteiger partial charge in [0.05, 0.1) is 12.2 Å². The second-order valence-corrected chi connectivity index (χ2v) is 7.09. The number of hydrogen-bond acceptors (Lipinski definition) is 4. The lowest BCUT2D eigenvalue weighted by atomic mass is 10.1. The zero-order valence-electron chi connectivity index (χ0n) is 16.4. The highest BCUT2D eigenvalue weighted by atomic mass is 16.2. The van der Waals surface area contributed by atoms with Crippen molar-refractivity contribution in [3.05, 3.63) is 89.4 Å². The van der Waals surface area contributed by atoms with Gasteiger partial charge in [-0.2, -0.15) is 0 Å². The minimum Gasteiger partial charge on any atom is -0.318 e. The molecular weight excluding hydrogens is 350 g/mol. The SMILES string of the molecule is C=C1N(C)C(=O)c2c(nc(C)n2Cc2ccc(C)cc2)N1Cc1ccccn1. The Morgan fingerprint density at radius 2 is 1.79 bits per heavy atom. The zero-order chi connectivity index (χ0) is 19.8. The third kappa shape index (κ3) is 3.07. The number of benzene rings is 1. The lowest BCUT2D eigenvalue weighted by Gasteiger charge is -2.35. The van der Waals surface area contributed by atoms with Gasteiger partial charge >= 0.3 is 0 Å². The van der Waals surface area contributed by atoms with Crippen LogP contribution in [0, 0.1) is 13.8 Å². The molecule has 0 aliphatic carbocycles. The number of anilines is 1. The lowest BCUT2D eigenvalue weighted by Crippen LogP contribution is -2.42. The van der Waals surface area contributed by atoms with Gasteiger partial charge in [-0.05, 0) is 31.5 Å². The molecule has 0 unspecified atom stereocenters. The van der Waals surface area contributed by atoms with Crippen LogP contribution in [0.1, 0.15) is 33.1 Å². The standard InChI is InChI=1S/C22H23N5O/c1-15-8-10-18(11-9-15)13-26-16(2)24-21-20(26)22(28)25(4)17(3)27(21)14-19-7-5-6-12-23-19/h5-12H,3,13-14H2,1-2,4H3. The molecule has 0 bridgehead atoms. The van der Waals surface area contributed by atoms with Crippen LogP contribution in [0.15, 0.2) is 61.1 Å². The molecule has 28 heavy (non-hydrogen) atoms. The smallest absolute Gasteiger partial charge is 0.279 e. The highest BCUT2D eigenvalue weighted by molar-refractivity contribution is 6.01. The van der Waals surface area contributed by atoms with E-state index in [1.165, 1.54) is 5.56 Å². The minimum atomic E-state index is -0.0926. The van der Waals surface area contributed by atoms with Crippen molar-refractivity contribution in [2.24, 2.45) is 0 Å². The van der Waals surface area contributed by atoms with Crippen molar-refractivity contribution < 1.29 is 4.79 Å². The number of fused-ring (bicyclic) bond motifs is 1. The van der Waals surface area contributed by atoms with Gasteiger partial charge in [0.15, 0.2) is 11.5 Å². The van der Waals surface area contributed by atoms with Crippen molar-refractivity contribution >= 4 is 11.7 Å². The molecular formula is C22H23N5O. The van der Waals surface area contributed by atoms with Crippen LogP contribution < -0.4 is 4.90 Å². The molecule has 1 aliphatic rings. The predicted octanol–water partition coefficient (Wildman–Crippen LogP) is 3.51. The van der Waals surface area contributed by atoms with Crippen LogP contribution in [0.3, 0.4) is 0 Å². The Hall–Kier alpha value is -3.41. The van der Waals surface area contributed by atoms with E-state index in [4.69, 9.17) is 4.98 Å². The first kappa shape index (κ1) is 18.0. The summed E-state index contributed by atoms with van der Waals surface area (Å²) in [6, 6.07) is 14.1. The monoisotopic (exact) mass is 373 g/mol. The first-order valence-corrected chi connectivity index (χ1v) is 9.23. The summed E-state index contributed by atoms with van der Waals surface area (Å²) < 4.78 is 1.98. The van der Waals surface area contributed by atoms with Gasteiger partial charge in [0.25, 0.3) is 5.91 Å². The maximum Gasteiger partial charge on any atom is 0.279 e. The molecule has 0 spiro atoms. The Morgan fingerprint density at radius 1 is 1.04 bits per heavy atom. The summed E-state index contributed by atoms with van der Waals surface area (Å²) in [4.78, 5) is 25.7. The van der Waals surface area contributed by atoms with Gasteiger partial charge < -0.3 is 9.47 Å². The second-order valence-electron chi connectivity index (χ2n) is 7.09. The van der Waals surface area contributed by atoms with Crippen LogP contribution in [0.5, 0.6) is 0 Å². The number of rotatable bonds is 4. The van der Waals surface area contributed by atoms with E-state index in [2.05, 4.69) is 42.8 Å². The molecule has 0 saturated carbocycles. The fourth-order valence-electron chi connectivity index (χ4n) is 3.42. The number of aryl methyl sites for hydroxylation is 2. The van der Waals surface area contributed by atoms with Crippen molar-refractivity contribution in [1.29, 1.82) is 0 Å². The minimum absolute atomic E-state index is 0.0926. The molecule has 3 aromatic rings. The summed E-state index contributed by atoms with van der Waals surface area (Å²) in [6.45, 7) is 9.20. The molecule has 1 aromatic carbocycles. The Bertz CT molecular complexity index is 1040. The van der Waals surface area contributed by atoms with E-state index in [1.807, 2.05) is 34.6 Å². The number of imidazole rings is 1. The molecule has 6 nitrogen and oxygen atoms in total.